The van der Waals surface area contributed by atoms with Gasteiger partial charge in [-0.15, -0.1) is 0 Å². The number of hydrogen-bond donors (Lipinski definition) is 0. The van der Waals surface area contributed by atoms with E-state index in [0.717, 1.165) is 5.92 Å². The molecular weight excluding hydrogens is 247 g/mol. The Bertz CT molecular complexity index is 189. The van der Waals surface area contributed by atoms with Gasteiger partial charge in [-0.2, -0.15) is 0 Å². The van der Waals surface area contributed by atoms with Gasteiger partial charge in [-0.1, -0.05) is 40.7 Å². The molecule has 0 saturated carbocycles. The lowest BCUT2D eigenvalue weighted by Gasteiger charge is -2.34. The van der Waals surface area contributed by atoms with Gasteiger partial charge < -0.3 is 0 Å². The second-order valence-corrected chi connectivity index (χ2v) is 6.50. The molecule has 0 saturated heterocycles. The van der Waals surface area contributed by atoms with E-state index in [-0.39, 0.29) is 0 Å². The maximum Gasteiger partial charge on any atom is 0.0404 e. The number of alkyl halides is 1. The maximum atomic E-state index is 2.59. The monoisotopic (exact) mass is 264 g/mol. The van der Waals surface area contributed by atoms with Crippen LogP contribution in [-0.4, -0.2) is 3.42 Å². The van der Waals surface area contributed by atoms with Crippen LogP contribution in [-0.2, 0) is 0 Å². The lowest BCUT2D eigenvalue weighted by molar-refractivity contribution is 0.454. The molecule has 0 heterocycles. The van der Waals surface area contributed by atoms with Crippen LogP contribution in [0.5, 0.6) is 0 Å². The van der Waals surface area contributed by atoms with E-state index in [1.165, 1.54) is 12.8 Å². The number of rotatable bonds is 0. The van der Waals surface area contributed by atoms with Gasteiger partial charge in [0.15, 0.2) is 0 Å². The Kier molecular flexibility index (Phi) is 2.67. The van der Waals surface area contributed by atoms with Crippen molar-refractivity contribution in [2.45, 2.75) is 44.0 Å². The van der Waals surface area contributed by atoms with Crippen LogP contribution in [0.2, 0.25) is 0 Å². The van der Waals surface area contributed by atoms with Crippen molar-refractivity contribution in [2.24, 2.45) is 5.92 Å². The summed E-state index contributed by atoms with van der Waals surface area (Å²) < 4.78 is 0.430. The first-order valence-corrected chi connectivity index (χ1v) is 5.37. The van der Waals surface area contributed by atoms with Crippen LogP contribution in [0, 0.1) is 5.92 Å². The fourth-order valence-corrected chi connectivity index (χ4v) is 3.21. The zero-order chi connectivity index (χ0) is 8.65. The Morgan fingerprint density at radius 1 is 1.45 bits per heavy atom. The third-order valence-corrected chi connectivity index (χ3v) is 4.06. The Hall–Kier alpha value is 0.470. The molecule has 0 aliphatic heterocycles. The molecule has 11 heavy (non-hydrogen) atoms. The third kappa shape index (κ3) is 1.98. The van der Waals surface area contributed by atoms with E-state index in [1.54, 1.807) is 11.1 Å². The van der Waals surface area contributed by atoms with Crippen LogP contribution < -0.4 is 0 Å². The summed E-state index contributed by atoms with van der Waals surface area (Å²) in [6.07, 6.45) is 2.65. The summed E-state index contributed by atoms with van der Waals surface area (Å²) in [5.74, 6) is 0.876. The van der Waals surface area contributed by atoms with E-state index in [4.69, 9.17) is 0 Å². The van der Waals surface area contributed by atoms with Crippen molar-refractivity contribution in [3.05, 3.63) is 11.1 Å². The highest BCUT2D eigenvalue weighted by atomic mass is 127. The third-order valence-electron chi connectivity index (χ3n) is 2.81. The molecule has 0 nitrogen and oxygen atoms in total. The fourth-order valence-electron chi connectivity index (χ4n) is 2.00. The Labute approximate surface area is 83.6 Å². The van der Waals surface area contributed by atoms with Crippen LogP contribution in [0.25, 0.3) is 0 Å². The van der Waals surface area contributed by atoms with Crippen LogP contribution in [0.1, 0.15) is 40.5 Å². The summed E-state index contributed by atoms with van der Waals surface area (Å²) in [5.41, 5.74) is 3.22. The number of halogens is 1. The minimum atomic E-state index is 0.430. The molecule has 1 heteroatoms. The number of allylic oxidation sites excluding steroid dienone is 2. The molecular formula is C10H17I. The summed E-state index contributed by atoms with van der Waals surface area (Å²) in [4.78, 5) is 0. The molecule has 64 valence electrons. The van der Waals surface area contributed by atoms with Crippen LogP contribution in [0.4, 0.5) is 0 Å². The van der Waals surface area contributed by atoms with Crippen LogP contribution >= 0.6 is 22.6 Å². The Balaban J connectivity index is 2.93. The molecule has 0 aromatic rings. The van der Waals surface area contributed by atoms with Crippen molar-refractivity contribution < 1.29 is 0 Å². The van der Waals surface area contributed by atoms with Crippen molar-refractivity contribution in [3.63, 3.8) is 0 Å². The van der Waals surface area contributed by atoms with E-state index >= 15 is 0 Å². The summed E-state index contributed by atoms with van der Waals surface area (Å²) in [7, 11) is 0. The zero-order valence-corrected chi connectivity index (χ0v) is 10.0. The van der Waals surface area contributed by atoms with E-state index in [1.807, 2.05) is 0 Å². The summed E-state index contributed by atoms with van der Waals surface area (Å²) in [6, 6.07) is 0. The first-order valence-electron chi connectivity index (χ1n) is 4.29. The average Bonchev–Trinajstić information content (AvgIpc) is 1.81. The maximum absolute atomic E-state index is 2.59. The molecule has 0 radical (unpaired) electrons. The SMILES string of the molecule is CC1=C(C)C(C)(I)C[C@H](C)C1. The standard InChI is InChI=1S/C10H17I/c1-7-5-8(2)9(3)10(4,11)6-7/h7H,5-6H2,1-4H3/t7-,10?/m1/s1. The second-order valence-electron chi connectivity index (χ2n) is 4.12. The highest BCUT2D eigenvalue weighted by Gasteiger charge is 2.30. The van der Waals surface area contributed by atoms with Crippen molar-refractivity contribution >= 4 is 22.6 Å². The average molecular weight is 264 g/mol. The van der Waals surface area contributed by atoms with Gasteiger partial charge in [0.1, 0.15) is 0 Å². The highest BCUT2D eigenvalue weighted by Crippen LogP contribution is 2.42. The molecule has 0 spiro atoms. The molecule has 0 N–H and O–H groups in total. The first kappa shape index (κ1) is 9.56. The smallest absolute Gasteiger partial charge is 0.0404 e. The normalized spacial score (nSPS) is 39.5. The van der Waals surface area contributed by atoms with Gasteiger partial charge in [-0.05, 0) is 39.5 Å². The Morgan fingerprint density at radius 3 is 2.45 bits per heavy atom. The summed E-state index contributed by atoms with van der Waals surface area (Å²) >= 11 is 2.59. The van der Waals surface area contributed by atoms with Gasteiger partial charge >= 0.3 is 0 Å². The highest BCUT2D eigenvalue weighted by molar-refractivity contribution is 14.1. The number of hydrogen-bond acceptors (Lipinski definition) is 0. The van der Waals surface area contributed by atoms with Crippen molar-refractivity contribution in [1.29, 1.82) is 0 Å². The molecule has 2 atom stereocenters. The molecule has 0 fully saturated rings. The van der Waals surface area contributed by atoms with E-state index in [2.05, 4.69) is 50.3 Å². The lowest BCUT2D eigenvalue weighted by Crippen LogP contribution is -2.26. The molecule has 1 rings (SSSR count). The molecule has 0 bridgehead atoms. The van der Waals surface area contributed by atoms with E-state index < -0.39 is 0 Å². The largest absolute Gasteiger partial charge is 0.0743 e. The summed E-state index contributed by atoms with van der Waals surface area (Å²) in [5, 5.41) is 0. The first-order chi connectivity index (χ1) is 4.93. The molecule has 0 amide bonds. The fraction of sp³-hybridized carbons (Fsp3) is 0.800. The minimum absolute atomic E-state index is 0.430. The molecule has 1 aliphatic rings. The van der Waals surface area contributed by atoms with Crippen molar-refractivity contribution in [2.75, 3.05) is 0 Å². The molecule has 1 aliphatic carbocycles. The van der Waals surface area contributed by atoms with Crippen molar-refractivity contribution in [3.8, 4) is 0 Å². The molecule has 0 aromatic heterocycles. The van der Waals surface area contributed by atoms with Crippen LogP contribution in [0.15, 0.2) is 11.1 Å². The van der Waals surface area contributed by atoms with Crippen molar-refractivity contribution in [1.82, 2.24) is 0 Å². The predicted molar refractivity (Wildman–Crippen MR) is 59.2 cm³/mol. The lowest BCUT2D eigenvalue weighted by atomic mass is 9.79. The predicted octanol–water partition coefficient (Wildman–Crippen LogP) is 3.95. The second kappa shape index (κ2) is 3.08. The van der Waals surface area contributed by atoms with Gasteiger partial charge in [0, 0.05) is 3.42 Å². The van der Waals surface area contributed by atoms with Gasteiger partial charge in [0.2, 0.25) is 0 Å². The molecule has 1 unspecified atom stereocenters. The topological polar surface area (TPSA) is 0 Å². The molecule has 0 aromatic carbocycles. The van der Waals surface area contributed by atoms with E-state index in [9.17, 15) is 0 Å². The van der Waals surface area contributed by atoms with Gasteiger partial charge in [0.25, 0.3) is 0 Å². The van der Waals surface area contributed by atoms with Crippen LogP contribution in [0.3, 0.4) is 0 Å². The Morgan fingerprint density at radius 2 is 2.00 bits per heavy atom. The summed E-state index contributed by atoms with van der Waals surface area (Å²) in [6.45, 7) is 9.27. The van der Waals surface area contributed by atoms with Gasteiger partial charge in [-0.25, -0.2) is 0 Å². The quantitative estimate of drug-likeness (QED) is 0.353. The van der Waals surface area contributed by atoms with Gasteiger partial charge in [-0.3, -0.25) is 0 Å². The minimum Gasteiger partial charge on any atom is -0.0743 e. The van der Waals surface area contributed by atoms with E-state index in [0.29, 0.717) is 3.42 Å². The van der Waals surface area contributed by atoms with Gasteiger partial charge in [0.05, 0.1) is 0 Å². The zero-order valence-electron chi connectivity index (χ0n) is 7.87.